The molecule has 1 unspecified atom stereocenters. The van der Waals surface area contributed by atoms with Gasteiger partial charge in [0, 0.05) is 6.21 Å². The molecular weight excluding hydrogens is 423 g/mol. The Labute approximate surface area is 180 Å². The number of imidazole rings is 1. The molecule has 3 aromatic rings. The molecule has 0 N–H and O–H groups in total. The van der Waals surface area contributed by atoms with E-state index in [9.17, 15) is 13.2 Å². The summed E-state index contributed by atoms with van der Waals surface area (Å²) in [7, 11) is 0. The first-order valence-electron chi connectivity index (χ1n) is 9.88. The second-order valence-electron chi connectivity index (χ2n) is 7.50. The van der Waals surface area contributed by atoms with Crippen LogP contribution in [0.1, 0.15) is 17.7 Å². The van der Waals surface area contributed by atoms with Crippen LogP contribution in [-0.2, 0) is 6.54 Å². The van der Waals surface area contributed by atoms with Gasteiger partial charge in [0.2, 0.25) is 0 Å². The summed E-state index contributed by atoms with van der Waals surface area (Å²) in [5.74, 6) is -1.08. The van der Waals surface area contributed by atoms with Crippen LogP contribution >= 0.6 is 0 Å². The van der Waals surface area contributed by atoms with Crippen LogP contribution < -0.4 is 9.47 Å². The molecule has 5 rings (SSSR count). The number of alkyl halides is 3. The van der Waals surface area contributed by atoms with Gasteiger partial charge in [-0.25, -0.2) is 0 Å². The highest BCUT2D eigenvalue weighted by molar-refractivity contribution is 5.79. The van der Waals surface area contributed by atoms with Crippen molar-refractivity contribution in [1.82, 2.24) is 14.5 Å². The number of pyridine rings is 1. The number of hydrogen-bond acceptors (Lipinski definition) is 6. The Balaban J connectivity index is 1.22. The molecule has 1 aromatic carbocycles. The normalized spacial score (nSPS) is 19.9. The lowest BCUT2D eigenvalue weighted by molar-refractivity contribution is -0.159. The minimum absolute atomic E-state index is 0.165. The van der Waals surface area contributed by atoms with Crippen LogP contribution in [0.2, 0.25) is 0 Å². The molecule has 0 amide bonds. The molecule has 2 aliphatic rings. The van der Waals surface area contributed by atoms with Gasteiger partial charge in [0.25, 0.3) is 6.01 Å². The maximum Gasteiger partial charge on any atom is 0.395 e. The molecule has 0 aliphatic carbocycles. The summed E-state index contributed by atoms with van der Waals surface area (Å²) in [6, 6.07) is 11.1. The van der Waals surface area contributed by atoms with Crippen LogP contribution in [0.5, 0.6) is 11.8 Å². The third kappa shape index (κ3) is 3.77. The number of hydrogen-bond donors (Lipinski definition) is 0. The van der Waals surface area contributed by atoms with E-state index in [4.69, 9.17) is 14.7 Å². The van der Waals surface area contributed by atoms with Crippen LogP contribution in [0, 0.1) is 17.2 Å². The van der Waals surface area contributed by atoms with Gasteiger partial charge in [-0.2, -0.15) is 23.4 Å². The first-order valence-corrected chi connectivity index (χ1v) is 9.88. The molecule has 2 atom stereocenters. The van der Waals surface area contributed by atoms with Crippen molar-refractivity contribution in [2.24, 2.45) is 10.9 Å². The highest BCUT2D eigenvalue weighted by Gasteiger charge is 2.38. The predicted molar refractivity (Wildman–Crippen MR) is 109 cm³/mol. The fraction of sp³-hybridized carbons (Fsp3) is 0.273. The Morgan fingerprint density at radius 3 is 2.88 bits per heavy atom. The summed E-state index contributed by atoms with van der Waals surface area (Å²) in [4.78, 5) is 12.6. The molecule has 0 spiro atoms. The summed E-state index contributed by atoms with van der Waals surface area (Å²) in [5.41, 5.74) is 2.66. The summed E-state index contributed by atoms with van der Waals surface area (Å²) >= 11 is 0. The van der Waals surface area contributed by atoms with Crippen molar-refractivity contribution in [3.63, 3.8) is 0 Å². The number of benzene rings is 1. The lowest BCUT2D eigenvalue weighted by Crippen LogP contribution is -2.23. The number of nitrogens with zero attached hydrogens (tertiary/aromatic N) is 5. The molecule has 32 heavy (non-hydrogen) atoms. The number of halogens is 3. The Bertz CT molecular complexity index is 1270. The monoisotopic (exact) mass is 439 g/mol. The molecule has 0 saturated carbocycles. The SMILES string of the molecule is N#Cc1ccc2c(c1)nc1n2C[C@@H](COc2ccc(C3=CC(C(F)(F)F)CC=N3)nc2)O1. The van der Waals surface area contributed by atoms with E-state index in [-0.39, 0.29) is 24.8 Å². The first kappa shape index (κ1) is 20.1. The number of allylic oxidation sites excluding steroid dienone is 1. The van der Waals surface area contributed by atoms with Gasteiger partial charge in [0.05, 0.1) is 52.7 Å². The lowest BCUT2D eigenvalue weighted by atomic mass is 10.0. The second kappa shape index (κ2) is 7.67. The fourth-order valence-corrected chi connectivity index (χ4v) is 3.67. The number of aliphatic imine (C=N–C) groups is 1. The van der Waals surface area contributed by atoms with Gasteiger partial charge >= 0.3 is 6.18 Å². The van der Waals surface area contributed by atoms with E-state index in [1.807, 2.05) is 10.6 Å². The van der Waals surface area contributed by atoms with Gasteiger partial charge in [-0.05, 0) is 42.8 Å². The van der Waals surface area contributed by atoms with Crippen LogP contribution in [0.3, 0.4) is 0 Å². The predicted octanol–water partition coefficient (Wildman–Crippen LogP) is 4.14. The highest BCUT2D eigenvalue weighted by Crippen LogP contribution is 2.34. The minimum atomic E-state index is -4.31. The van der Waals surface area contributed by atoms with E-state index < -0.39 is 12.1 Å². The molecule has 4 heterocycles. The smallest absolute Gasteiger partial charge is 0.395 e. The molecule has 0 saturated heterocycles. The van der Waals surface area contributed by atoms with Crippen LogP contribution in [0.25, 0.3) is 16.7 Å². The van der Waals surface area contributed by atoms with Gasteiger partial charge in [-0.1, -0.05) is 0 Å². The second-order valence-corrected chi connectivity index (χ2v) is 7.50. The van der Waals surface area contributed by atoms with Crippen molar-refractivity contribution < 1.29 is 22.6 Å². The Kier molecular flexibility index (Phi) is 4.81. The minimum Gasteiger partial charge on any atom is -0.488 e. The van der Waals surface area contributed by atoms with Gasteiger partial charge in [-0.3, -0.25) is 14.5 Å². The van der Waals surface area contributed by atoms with Crippen molar-refractivity contribution in [3.05, 3.63) is 53.9 Å². The maximum absolute atomic E-state index is 13.0. The average molecular weight is 439 g/mol. The Morgan fingerprint density at radius 2 is 2.12 bits per heavy atom. The van der Waals surface area contributed by atoms with Crippen molar-refractivity contribution in [3.8, 4) is 17.8 Å². The Hall–Kier alpha value is -3.87. The third-order valence-electron chi connectivity index (χ3n) is 5.30. The quantitative estimate of drug-likeness (QED) is 0.610. The topological polar surface area (TPSA) is 85.3 Å². The van der Waals surface area contributed by atoms with E-state index in [2.05, 4.69) is 21.0 Å². The third-order valence-corrected chi connectivity index (χ3v) is 5.30. The van der Waals surface area contributed by atoms with E-state index in [0.29, 0.717) is 35.1 Å². The fourth-order valence-electron chi connectivity index (χ4n) is 3.67. The molecule has 7 nitrogen and oxygen atoms in total. The van der Waals surface area contributed by atoms with Gasteiger partial charge < -0.3 is 9.47 Å². The number of ether oxygens (including phenoxy) is 2. The zero-order valence-electron chi connectivity index (χ0n) is 16.6. The molecule has 0 bridgehead atoms. The lowest BCUT2D eigenvalue weighted by Gasteiger charge is -2.18. The maximum atomic E-state index is 13.0. The summed E-state index contributed by atoms with van der Waals surface area (Å²) < 4.78 is 52.4. The van der Waals surface area contributed by atoms with Crippen LogP contribution in [0.15, 0.2) is 47.6 Å². The average Bonchev–Trinajstić information content (AvgIpc) is 3.34. The zero-order valence-corrected chi connectivity index (χ0v) is 16.6. The molecule has 162 valence electrons. The standard InChI is InChI=1S/C22H16F3N5O2/c23-22(24,25)14-5-6-27-18(8-14)17-3-2-15(10-28-17)31-12-16-11-30-20-4-1-13(9-26)7-19(20)29-21(30)32-16/h1-4,6-8,10,14,16H,5,11-12H2/t14?,16-/m0/s1. The van der Waals surface area contributed by atoms with Crippen molar-refractivity contribution >= 4 is 22.9 Å². The summed E-state index contributed by atoms with van der Waals surface area (Å²) in [5, 5.41) is 9.01. The molecule has 10 heteroatoms. The molecule has 0 fully saturated rings. The summed E-state index contributed by atoms with van der Waals surface area (Å²) in [6.45, 7) is 0.794. The number of nitriles is 1. The molecule has 0 radical (unpaired) electrons. The van der Waals surface area contributed by atoms with E-state index in [1.165, 1.54) is 12.4 Å². The van der Waals surface area contributed by atoms with Gasteiger partial charge in [0.1, 0.15) is 12.4 Å². The zero-order chi connectivity index (χ0) is 22.3. The van der Waals surface area contributed by atoms with Gasteiger partial charge in [-0.15, -0.1) is 0 Å². The van der Waals surface area contributed by atoms with E-state index in [0.717, 1.165) is 11.6 Å². The first-order chi connectivity index (χ1) is 15.4. The highest BCUT2D eigenvalue weighted by atomic mass is 19.4. The van der Waals surface area contributed by atoms with E-state index >= 15 is 0 Å². The number of aromatic nitrogens is 3. The molecular formula is C22H16F3N5O2. The van der Waals surface area contributed by atoms with Crippen molar-refractivity contribution in [2.45, 2.75) is 25.2 Å². The molecule has 2 aliphatic heterocycles. The van der Waals surface area contributed by atoms with Crippen LogP contribution in [-0.4, -0.2) is 39.6 Å². The largest absolute Gasteiger partial charge is 0.488 e. The number of fused-ring (bicyclic) bond motifs is 3. The van der Waals surface area contributed by atoms with Crippen molar-refractivity contribution in [2.75, 3.05) is 6.61 Å². The van der Waals surface area contributed by atoms with Crippen LogP contribution in [0.4, 0.5) is 13.2 Å². The van der Waals surface area contributed by atoms with E-state index in [1.54, 1.807) is 24.3 Å². The van der Waals surface area contributed by atoms with Crippen molar-refractivity contribution in [1.29, 1.82) is 5.26 Å². The summed E-state index contributed by atoms with van der Waals surface area (Å²) in [6.07, 6.45) is -0.905. The molecule has 2 aromatic heterocycles. The van der Waals surface area contributed by atoms with Gasteiger partial charge in [0.15, 0.2) is 6.10 Å². The Morgan fingerprint density at radius 1 is 1.25 bits per heavy atom. The number of rotatable bonds is 4.